The van der Waals surface area contributed by atoms with Crippen LogP contribution in [0.5, 0.6) is 0 Å². The fourth-order valence-electron chi connectivity index (χ4n) is 1.47. The first-order valence-corrected chi connectivity index (χ1v) is 4.82. The molecule has 82 valence electrons. The molecule has 0 spiro atoms. The van der Waals surface area contributed by atoms with Crippen LogP contribution in [0.25, 0.3) is 0 Å². The molecule has 0 aliphatic carbocycles. The summed E-state index contributed by atoms with van der Waals surface area (Å²) in [6, 6.07) is 4.86. The summed E-state index contributed by atoms with van der Waals surface area (Å²) in [7, 11) is 0. The van der Waals surface area contributed by atoms with Gasteiger partial charge in [0, 0.05) is 17.3 Å². The maximum atomic E-state index is 10.8. The maximum absolute atomic E-state index is 10.8. The van der Waals surface area contributed by atoms with Gasteiger partial charge in [-0.15, -0.1) is 0 Å². The zero-order valence-corrected chi connectivity index (χ0v) is 9.28. The van der Waals surface area contributed by atoms with Gasteiger partial charge in [0.2, 0.25) is 0 Å². The van der Waals surface area contributed by atoms with Gasteiger partial charge in [-0.1, -0.05) is 26.8 Å². The minimum atomic E-state index is -0.378. The van der Waals surface area contributed by atoms with E-state index in [1.54, 1.807) is 12.1 Å². The third kappa shape index (κ3) is 3.23. The van der Waals surface area contributed by atoms with E-state index in [4.69, 9.17) is 5.73 Å². The number of nitrogen functional groups attached to an aromatic ring is 1. The average Bonchev–Trinajstić information content (AvgIpc) is 2.05. The average molecular weight is 208 g/mol. The second kappa shape index (κ2) is 3.88. The molecule has 0 saturated heterocycles. The fourth-order valence-corrected chi connectivity index (χ4v) is 1.47. The molecule has 0 saturated carbocycles. The number of hydrogen-bond donors (Lipinski definition) is 1. The van der Waals surface area contributed by atoms with Crippen LogP contribution in [0.3, 0.4) is 0 Å². The zero-order chi connectivity index (χ0) is 11.6. The highest BCUT2D eigenvalue weighted by atomic mass is 16.6. The second-order valence-corrected chi connectivity index (χ2v) is 4.88. The van der Waals surface area contributed by atoms with Crippen molar-refractivity contribution in [3.8, 4) is 0 Å². The Morgan fingerprint density at radius 2 is 2.00 bits per heavy atom. The summed E-state index contributed by atoms with van der Waals surface area (Å²) in [5.41, 5.74) is 6.84. The quantitative estimate of drug-likeness (QED) is 0.461. The van der Waals surface area contributed by atoms with E-state index in [0.717, 1.165) is 5.56 Å². The molecule has 15 heavy (non-hydrogen) atoms. The molecule has 0 bridgehead atoms. The van der Waals surface area contributed by atoms with E-state index >= 15 is 0 Å². The lowest BCUT2D eigenvalue weighted by molar-refractivity contribution is -0.385. The van der Waals surface area contributed by atoms with Gasteiger partial charge in [-0.05, 0) is 17.9 Å². The van der Waals surface area contributed by atoms with Crippen molar-refractivity contribution in [2.24, 2.45) is 5.41 Å². The first-order valence-electron chi connectivity index (χ1n) is 4.82. The highest BCUT2D eigenvalue weighted by Gasteiger charge is 2.19. The van der Waals surface area contributed by atoms with Gasteiger partial charge in [-0.2, -0.15) is 0 Å². The van der Waals surface area contributed by atoms with E-state index in [-0.39, 0.29) is 16.0 Å². The molecule has 0 fully saturated rings. The van der Waals surface area contributed by atoms with Gasteiger partial charge in [-0.25, -0.2) is 0 Å². The first kappa shape index (κ1) is 11.5. The van der Waals surface area contributed by atoms with Crippen molar-refractivity contribution in [3.63, 3.8) is 0 Å². The molecule has 4 nitrogen and oxygen atoms in total. The Kier molecular flexibility index (Phi) is 2.98. The molecule has 2 N–H and O–H groups in total. The smallest absolute Gasteiger partial charge is 0.274 e. The van der Waals surface area contributed by atoms with E-state index in [1.165, 1.54) is 6.07 Å². The number of nitro groups is 1. The third-order valence-corrected chi connectivity index (χ3v) is 2.03. The molecule has 0 radical (unpaired) electrons. The molecule has 0 aliphatic rings. The van der Waals surface area contributed by atoms with Crippen molar-refractivity contribution >= 4 is 11.4 Å². The van der Waals surface area contributed by atoms with Crippen molar-refractivity contribution in [1.29, 1.82) is 0 Å². The zero-order valence-electron chi connectivity index (χ0n) is 9.28. The summed E-state index contributed by atoms with van der Waals surface area (Å²) >= 11 is 0. The topological polar surface area (TPSA) is 69.2 Å². The van der Waals surface area contributed by atoms with Crippen LogP contribution in [0.2, 0.25) is 0 Å². The highest BCUT2D eigenvalue weighted by Crippen LogP contribution is 2.28. The molecule has 0 amide bonds. The molecule has 1 rings (SSSR count). The van der Waals surface area contributed by atoms with Crippen molar-refractivity contribution in [2.45, 2.75) is 27.2 Å². The summed E-state index contributed by atoms with van der Waals surface area (Å²) in [6.07, 6.45) is 0.670. The van der Waals surface area contributed by atoms with Gasteiger partial charge >= 0.3 is 0 Å². The lowest BCUT2D eigenvalue weighted by atomic mass is 9.87. The van der Waals surface area contributed by atoms with Crippen LogP contribution in [0.15, 0.2) is 18.2 Å². The van der Waals surface area contributed by atoms with Crippen LogP contribution >= 0.6 is 0 Å². The summed E-state index contributed by atoms with van der Waals surface area (Å²) in [6.45, 7) is 6.15. The minimum Gasteiger partial charge on any atom is -0.399 e. The number of rotatable bonds is 2. The Bertz CT molecular complexity index is 381. The van der Waals surface area contributed by atoms with Crippen LogP contribution in [-0.2, 0) is 6.42 Å². The second-order valence-electron chi connectivity index (χ2n) is 4.88. The van der Waals surface area contributed by atoms with E-state index < -0.39 is 0 Å². The number of anilines is 1. The molecule has 1 aromatic carbocycles. The SMILES string of the molecule is CC(C)(C)Cc1ccc(N)cc1[N+](=O)[O-]. The van der Waals surface area contributed by atoms with Crippen LogP contribution in [-0.4, -0.2) is 4.92 Å². The number of hydrogen-bond acceptors (Lipinski definition) is 3. The van der Waals surface area contributed by atoms with E-state index in [2.05, 4.69) is 0 Å². The number of nitrogens with two attached hydrogens (primary N) is 1. The standard InChI is InChI=1S/C11H16N2O2/c1-11(2,3)7-8-4-5-9(12)6-10(8)13(14)15/h4-6H,7,12H2,1-3H3. The van der Waals surface area contributed by atoms with Crippen LogP contribution in [0, 0.1) is 15.5 Å². The Hall–Kier alpha value is -1.58. The number of nitro benzene ring substituents is 1. The van der Waals surface area contributed by atoms with Gasteiger partial charge in [-0.3, -0.25) is 10.1 Å². The summed E-state index contributed by atoms with van der Waals surface area (Å²) in [4.78, 5) is 10.4. The van der Waals surface area contributed by atoms with Crippen molar-refractivity contribution in [1.82, 2.24) is 0 Å². The molecular formula is C11H16N2O2. The predicted octanol–water partition coefficient (Wildman–Crippen LogP) is 2.77. The van der Waals surface area contributed by atoms with Gasteiger partial charge in [0.25, 0.3) is 5.69 Å². The normalized spacial score (nSPS) is 11.4. The monoisotopic (exact) mass is 208 g/mol. The first-order chi connectivity index (χ1) is 6.79. The number of benzene rings is 1. The molecule has 0 heterocycles. The Labute approximate surface area is 89.2 Å². The molecule has 1 aromatic rings. The Morgan fingerprint density at radius 1 is 1.40 bits per heavy atom. The lowest BCUT2D eigenvalue weighted by Crippen LogP contribution is -2.11. The van der Waals surface area contributed by atoms with Gasteiger partial charge in [0.15, 0.2) is 0 Å². The van der Waals surface area contributed by atoms with Crippen molar-refractivity contribution in [2.75, 3.05) is 5.73 Å². The lowest BCUT2D eigenvalue weighted by Gasteiger charge is -2.17. The van der Waals surface area contributed by atoms with Crippen molar-refractivity contribution in [3.05, 3.63) is 33.9 Å². The Balaban J connectivity index is 3.12. The maximum Gasteiger partial charge on any atom is 0.274 e. The van der Waals surface area contributed by atoms with Crippen molar-refractivity contribution < 1.29 is 4.92 Å². The van der Waals surface area contributed by atoms with Crippen LogP contribution in [0.1, 0.15) is 26.3 Å². The van der Waals surface area contributed by atoms with Gasteiger partial charge < -0.3 is 5.73 Å². The van der Waals surface area contributed by atoms with E-state index in [0.29, 0.717) is 12.1 Å². The van der Waals surface area contributed by atoms with E-state index in [9.17, 15) is 10.1 Å². The fraction of sp³-hybridized carbons (Fsp3) is 0.455. The highest BCUT2D eigenvalue weighted by molar-refractivity contribution is 5.52. The minimum absolute atomic E-state index is 0.0286. The largest absolute Gasteiger partial charge is 0.399 e. The predicted molar refractivity (Wildman–Crippen MR) is 60.7 cm³/mol. The molecular weight excluding hydrogens is 192 g/mol. The van der Waals surface area contributed by atoms with Gasteiger partial charge in [0.05, 0.1) is 4.92 Å². The molecule has 0 aliphatic heterocycles. The van der Waals surface area contributed by atoms with Crippen LogP contribution < -0.4 is 5.73 Å². The Morgan fingerprint density at radius 3 is 2.47 bits per heavy atom. The van der Waals surface area contributed by atoms with Crippen LogP contribution in [0.4, 0.5) is 11.4 Å². The van der Waals surface area contributed by atoms with Gasteiger partial charge in [0.1, 0.15) is 0 Å². The molecule has 0 unspecified atom stereocenters. The summed E-state index contributed by atoms with van der Waals surface area (Å²) in [5, 5.41) is 10.8. The third-order valence-electron chi connectivity index (χ3n) is 2.03. The molecule has 0 atom stereocenters. The molecule has 0 aromatic heterocycles. The van der Waals surface area contributed by atoms with E-state index in [1.807, 2.05) is 20.8 Å². The summed E-state index contributed by atoms with van der Waals surface area (Å²) < 4.78 is 0. The molecule has 4 heteroatoms. The number of nitrogens with zero attached hydrogens (tertiary/aromatic N) is 1. The summed E-state index contributed by atoms with van der Waals surface area (Å²) in [5.74, 6) is 0.